The van der Waals surface area contributed by atoms with E-state index in [2.05, 4.69) is 6.92 Å². The third-order valence-electron chi connectivity index (χ3n) is 3.93. The van der Waals surface area contributed by atoms with Gasteiger partial charge >= 0.3 is 0 Å². The first-order chi connectivity index (χ1) is 10.1. The number of nitrogens with two attached hydrogens (primary N) is 1. The second-order valence-electron chi connectivity index (χ2n) is 5.38. The number of piperidine rings is 1. The van der Waals surface area contributed by atoms with E-state index in [1.54, 1.807) is 14.2 Å². The first-order valence-corrected chi connectivity index (χ1v) is 7.38. The van der Waals surface area contributed by atoms with Crippen LogP contribution in [0, 0.1) is 0 Å². The summed E-state index contributed by atoms with van der Waals surface area (Å²) in [6, 6.07) is 5.52. The van der Waals surface area contributed by atoms with E-state index in [-0.39, 0.29) is 18.0 Å². The highest BCUT2D eigenvalue weighted by Gasteiger charge is 2.34. The van der Waals surface area contributed by atoms with E-state index in [1.165, 1.54) is 0 Å². The van der Waals surface area contributed by atoms with Gasteiger partial charge in [-0.2, -0.15) is 0 Å². The van der Waals surface area contributed by atoms with Gasteiger partial charge in [0.05, 0.1) is 20.3 Å². The number of benzene rings is 1. The summed E-state index contributed by atoms with van der Waals surface area (Å²) in [5.74, 6) is 1.60. The van der Waals surface area contributed by atoms with Crippen LogP contribution in [0.15, 0.2) is 18.2 Å². The molecule has 1 fully saturated rings. The van der Waals surface area contributed by atoms with Crippen molar-refractivity contribution in [3.05, 3.63) is 23.8 Å². The van der Waals surface area contributed by atoms with Crippen LogP contribution in [-0.2, 0) is 4.79 Å². The Morgan fingerprint density at radius 3 is 2.38 bits per heavy atom. The molecule has 1 saturated heterocycles. The van der Waals surface area contributed by atoms with Crippen molar-refractivity contribution >= 4 is 5.91 Å². The van der Waals surface area contributed by atoms with Gasteiger partial charge in [0.1, 0.15) is 11.5 Å². The van der Waals surface area contributed by atoms with Crippen molar-refractivity contribution in [1.82, 2.24) is 4.90 Å². The van der Waals surface area contributed by atoms with Crippen LogP contribution in [0.25, 0.3) is 0 Å². The maximum atomic E-state index is 12.2. The average Bonchev–Trinajstić information content (AvgIpc) is 2.50. The molecule has 2 N–H and O–H groups in total. The number of hydrogen-bond acceptors (Lipinski definition) is 4. The van der Waals surface area contributed by atoms with Crippen LogP contribution < -0.4 is 15.2 Å². The van der Waals surface area contributed by atoms with Crippen LogP contribution in [0.3, 0.4) is 0 Å². The smallest absolute Gasteiger partial charge is 0.223 e. The Balaban J connectivity index is 2.41. The van der Waals surface area contributed by atoms with E-state index in [0.29, 0.717) is 24.3 Å². The lowest BCUT2D eigenvalue weighted by Crippen LogP contribution is -2.49. The Bertz CT molecular complexity index is 482. The van der Waals surface area contributed by atoms with E-state index in [4.69, 9.17) is 15.2 Å². The normalized spacial score (nSPS) is 22.3. The second-order valence-corrected chi connectivity index (χ2v) is 5.38. The van der Waals surface area contributed by atoms with Gasteiger partial charge in [-0.3, -0.25) is 4.79 Å². The summed E-state index contributed by atoms with van der Waals surface area (Å²) in [7, 11) is 3.24. The van der Waals surface area contributed by atoms with Crippen molar-refractivity contribution in [2.24, 2.45) is 5.73 Å². The fourth-order valence-electron chi connectivity index (χ4n) is 2.91. The van der Waals surface area contributed by atoms with Gasteiger partial charge in [-0.25, -0.2) is 0 Å². The van der Waals surface area contributed by atoms with Crippen molar-refractivity contribution in [2.75, 3.05) is 20.8 Å². The highest BCUT2D eigenvalue weighted by molar-refractivity contribution is 5.78. The molecule has 1 aliphatic rings. The molecule has 21 heavy (non-hydrogen) atoms. The van der Waals surface area contributed by atoms with Gasteiger partial charge in [0.25, 0.3) is 0 Å². The number of carbonyl (C=O) groups is 1. The number of rotatable bonds is 5. The maximum absolute atomic E-state index is 12.2. The van der Waals surface area contributed by atoms with Crippen LogP contribution in [0.2, 0.25) is 0 Å². The van der Waals surface area contributed by atoms with Gasteiger partial charge in [0, 0.05) is 25.1 Å². The molecule has 0 bridgehead atoms. The fourth-order valence-corrected chi connectivity index (χ4v) is 2.91. The molecule has 1 amide bonds. The molecule has 1 heterocycles. The molecule has 2 atom stereocenters. The number of amides is 1. The fraction of sp³-hybridized carbons (Fsp3) is 0.562. The van der Waals surface area contributed by atoms with E-state index < -0.39 is 0 Å². The van der Waals surface area contributed by atoms with Gasteiger partial charge in [-0.1, -0.05) is 6.92 Å². The monoisotopic (exact) mass is 292 g/mol. The molecular weight excluding hydrogens is 268 g/mol. The van der Waals surface area contributed by atoms with Gasteiger partial charge < -0.3 is 20.1 Å². The molecule has 0 radical (unpaired) electrons. The average molecular weight is 292 g/mol. The topological polar surface area (TPSA) is 64.8 Å². The minimum Gasteiger partial charge on any atom is -0.497 e. The number of methoxy groups -OCH3 is 2. The molecule has 2 unspecified atom stereocenters. The Morgan fingerprint density at radius 2 is 1.86 bits per heavy atom. The molecule has 1 aromatic carbocycles. The zero-order chi connectivity index (χ0) is 15.4. The zero-order valence-corrected chi connectivity index (χ0v) is 13.0. The van der Waals surface area contributed by atoms with Crippen LogP contribution >= 0.6 is 0 Å². The van der Waals surface area contributed by atoms with Crippen molar-refractivity contribution in [1.29, 1.82) is 0 Å². The van der Waals surface area contributed by atoms with Crippen molar-refractivity contribution in [2.45, 2.75) is 38.3 Å². The van der Waals surface area contributed by atoms with Crippen LogP contribution in [0.1, 0.15) is 37.8 Å². The first kappa shape index (κ1) is 15.6. The lowest BCUT2D eigenvalue weighted by molar-refractivity contribution is -0.137. The Labute approximate surface area is 126 Å². The molecule has 0 spiro atoms. The maximum Gasteiger partial charge on any atom is 0.223 e. The Morgan fingerprint density at radius 1 is 1.24 bits per heavy atom. The zero-order valence-electron chi connectivity index (χ0n) is 13.0. The summed E-state index contributed by atoms with van der Waals surface area (Å²) >= 11 is 0. The van der Waals surface area contributed by atoms with Crippen LogP contribution in [-0.4, -0.2) is 37.6 Å². The summed E-state index contributed by atoms with van der Waals surface area (Å²) < 4.78 is 10.6. The predicted molar refractivity (Wildman–Crippen MR) is 81.5 cm³/mol. The van der Waals surface area contributed by atoms with Crippen molar-refractivity contribution in [3.8, 4) is 11.5 Å². The third kappa shape index (κ3) is 3.29. The summed E-state index contributed by atoms with van der Waals surface area (Å²) in [5, 5.41) is 0. The molecule has 5 nitrogen and oxygen atoms in total. The summed E-state index contributed by atoms with van der Waals surface area (Å²) in [6.07, 6.45) is 2.15. The van der Waals surface area contributed by atoms with Crippen LogP contribution in [0.5, 0.6) is 11.5 Å². The quantitative estimate of drug-likeness (QED) is 0.902. The van der Waals surface area contributed by atoms with Crippen molar-refractivity contribution in [3.63, 3.8) is 0 Å². The van der Waals surface area contributed by atoms with Gasteiger partial charge in [-0.15, -0.1) is 0 Å². The summed E-state index contributed by atoms with van der Waals surface area (Å²) in [4.78, 5) is 14.1. The van der Waals surface area contributed by atoms with Gasteiger partial charge in [-0.05, 0) is 30.5 Å². The molecular formula is C16H24N2O3. The number of ether oxygens (including phenoxy) is 2. The lowest BCUT2D eigenvalue weighted by atomic mass is 9.90. The predicted octanol–water partition coefficient (Wildman–Crippen LogP) is 2.10. The minimum absolute atomic E-state index is 0.0638. The SMILES string of the molecule is CCCN1C(=O)CCC(N)C1c1cc(OC)cc(OC)c1. The summed E-state index contributed by atoms with van der Waals surface area (Å²) in [6.45, 7) is 2.79. The third-order valence-corrected chi connectivity index (χ3v) is 3.93. The Hall–Kier alpha value is -1.75. The lowest BCUT2D eigenvalue weighted by Gasteiger charge is -2.40. The molecule has 0 aliphatic carbocycles. The molecule has 5 heteroatoms. The van der Waals surface area contributed by atoms with Crippen LogP contribution in [0.4, 0.5) is 0 Å². The molecule has 2 rings (SSSR count). The second kappa shape index (κ2) is 6.80. The number of likely N-dealkylation sites (tertiary alicyclic amines) is 1. The first-order valence-electron chi connectivity index (χ1n) is 7.38. The molecule has 116 valence electrons. The highest BCUT2D eigenvalue weighted by Crippen LogP contribution is 2.35. The Kier molecular flexibility index (Phi) is 5.07. The van der Waals surface area contributed by atoms with Crippen molar-refractivity contribution < 1.29 is 14.3 Å². The summed E-state index contributed by atoms with van der Waals surface area (Å²) in [5.41, 5.74) is 7.27. The van der Waals surface area contributed by atoms with E-state index >= 15 is 0 Å². The molecule has 0 saturated carbocycles. The van der Waals surface area contributed by atoms with E-state index in [9.17, 15) is 4.79 Å². The van der Waals surface area contributed by atoms with E-state index in [0.717, 1.165) is 18.5 Å². The number of hydrogen-bond donors (Lipinski definition) is 1. The highest BCUT2D eigenvalue weighted by atomic mass is 16.5. The largest absolute Gasteiger partial charge is 0.497 e. The minimum atomic E-state index is -0.116. The van der Waals surface area contributed by atoms with Gasteiger partial charge in [0.15, 0.2) is 0 Å². The van der Waals surface area contributed by atoms with E-state index in [1.807, 2.05) is 23.1 Å². The molecule has 0 aromatic heterocycles. The molecule has 1 aromatic rings. The molecule has 1 aliphatic heterocycles. The number of carbonyl (C=O) groups excluding carboxylic acids is 1. The van der Waals surface area contributed by atoms with Gasteiger partial charge in [0.2, 0.25) is 5.91 Å². The standard InChI is InChI=1S/C16H24N2O3/c1-4-7-18-15(19)6-5-14(17)16(18)11-8-12(20-2)10-13(9-11)21-3/h8-10,14,16H,4-7,17H2,1-3H3. The number of nitrogens with zero attached hydrogens (tertiary/aromatic N) is 1.